The Morgan fingerprint density at radius 2 is 2.04 bits per heavy atom. The minimum atomic E-state index is -0.673. The molecule has 4 N–H and O–H groups in total. The van der Waals surface area contributed by atoms with Crippen molar-refractivity contribution in [1.82, 2.24) is 10.2 Å². The number of primary amides is 1. The summed E-state index contributed by atoms with van der Waals surface area (Å²) in [7, 11) is 0. The Labute approximate surface area is 160 Å². The second-order valence-corrected chi connectivity index (χ2v) is 7.96. The van der Waals surface area contributed by atoms with Crippen LogP contribution in [0.25, 0.3) is 0 Å². The van der Waals surface area contributed by atoms with Crippen molar-refractivity contribution in [2.45, 2.75) is 45.7 Å². The van der Waals surface area contributed by atoms with Crippen LogP contribution >= 0.6 is 11.8 Å². The molecule has 1 aliphatic heterocycles. The molecule has 0 aromatic heterocycles. The van der Waals surface area contributed by atoms with Crippen LogP contribution in [0.5, 0.6) is 0 Å². The Bertz CT molecular complexity index is 618. The average molecular weight is 379 g/mol. The summed E-state index contributed by atoms with van der Waals surface area (Å²) in [5, 5.41) is 5.47. The number of thioether (sulfide) groups is 1. The molecule has 3 amide bonds. The minimum Gasteiger partial charge on any atom is -0.352 e. The predicted octanol–water partition coefficient (Wildman–Crippen LogP) is 2.71. The number of carbonyl (C=O) groups excluding carboxylic acids is 2. The van der Waals surface area contributed by atoms with Gasteiger partial charge < -0.3 is 16.4 Å². The number of unbranched alkanes of at least 4 members (excludes halogenated alkanes) is 1. The molecule has 0 radical (unpaired) electrons. The Morgan fingerprint density at radius 3 is 2.65 bits per heavy atom. The number of carbonyl (C=O) groups is 2. The van der Waals surface area contributed by atoms with Gasteiger partial charge in [-0.05, 0) is 30.5 Å². The topological polar surface area (TPSA) is 87.5 Å². The number of nitrogens with two attached hydrogens (primary N) is 1. The van der Waals surface area contributed by atoms with E-state index >= 15 is 0 Å². The quantitative estimate of drug-likeness (QED) is 0.649. The largest absolute Gasteiger partial charge is 0.352 e. The third-order valence-electron chi connectivity index (χ3n) is 4.54. The van der Waals surface area contributed by atoms with Crippen LogP contribution in [-0.4, -0.2) is 47.5 Å². The lowest BCUT2D eigenvalue weighted by Gasteiger charge is -2.26. The van der Waals surface area contributed by atoms with Crippen LogP contribution in [0.1, 0.15) is 37.3 Å². The molecule has 1 unspecified atom stereocenters. The fraction of sp³-hybridized carbons (Fsp3) is 0.579. The first-order valence-electron chi connectivity index (χ1n) is 9.26. The second kappa shape index (κ2) is 10.4. The molecular weight excluding hydrogens is 348 g/mol. The van der Waals surface area contributed by atoms with Crippen LogP contribution in [0, 0.1) is 6.92 Å². The normalized spacial score (nSPS) is 16.1. The van der Waals surface area contributed by atoms with Crippen molar-refractivity contribution >= 4 is 29.4 Å². The van der Waals surface area contributed by atoms with Crippen molar-refractivity contribution in [3.8, 4) is 0 Å². The molecule has 7 heteroatoms. The van der Waals surface area contributed by atoms with Gasteiger partial charge in [-0.3, -0.25) is 9.69 Å². The highest BCUT2D eigenvalue weighted by molar-refractivity contribution is 7.99. The summed E-state index contributed by atoms with van der Waals surface area (Å²) in [6.07, 6.45) is 2.38. The van der Waals surface area contributed by atoms with Gasteiger partial charge in [0.15, 0.2) is 0 Å². The van der Waals surface area contributed by atoms with Crippen molar-refractivity contribution in [2.75, 3.05) is 29.9 Å². The summed E-state index contributed by atoms with van der Waals surface area (Å²) in [4.78, 5) is 26.1. The number of nitrogens with one attached hydrogen (secondary N) is 2. The van der Waals surface area contributed by atoms with E-state index in [1.54, 1.807) is 0 Å². The van der Waals surface area contributed by atoms with Gasteiger partial charge in [0.2, 0.25) is 5.91 Å². The molecule has 0 saturated carbocycles. The van der Waals surface area contributed by atoms with E-state index in [-0.39, 0.29) is 5.91 Å². The van der Waals surface area contributed by atoms with Crippen LogP contribution in [-0.2, 0) is 11.3 Å². The van der Waals surface area contributed by atoms with Crippen molar-refractivity contribution < 1.29 is 9.59 Å². The summed E-state index contributed by atoms with van der Waals surface area (Å²) in [6.45, 7) is 7.23. The molecule has 26 heavy (non-hydrogen) atoms. The number of aryl methyl sites for hydroxylation is 1. The van der Waals surface area contributed by atoms with Gasteiger partial charge in [0.1, 0.15) is 6.04 Å². The highest BCUT2D eigenvalue weighted by Gasteiger charge is 2.20. The molecule has 1 heterocycles. The number of anilines is 1. The van der Waals surface area contributed by atoms with Gasteiger partial charge >= 0.3 is 6.03 Å². The summed E-state index contributed by atoms with van der Waals surface area (Å²) in [5.41, 5.74) is 8.26. The molecule has 2 rings (SSSR count). The number of benzene rings is 1. The molecule has 0 spiro atoms. The standard InChI is InChI=1S/C19H30N4O2S/c1-3-4-5-17(22-19(20)25)18(24)21-16-7-6-15(12-14(16)2)13-23-8-10-26-11-9-23/h6-7,12,17H,3-5,8-11,13H2,1-2H3,(H,21,24)(H3,20,22,25). The van der Waals surface area contributed by atoms with Gasteiger partial charge in [0.05, 0.1) is 0 Å². The number of urea groups is 1. The van der Waals surface area contributed by atoms with Gasteiger partial charge in [-0.2, -0.15) is 11.8 Å². The second-order valence-electron chi connectivity index (χ2n) is 6.73. The van der Waals surface area contributed by atoms with Gasteiger partial charge in [0.25, 0.3) is 0 Å². The predicted molar refractivity (Wildman–Crippen MR) is 108 cm³/mol. The van der Waals surface area contributed by atoms with E-state index in [0.29, 0.717) is 6.42 Å². The number of nitrogens with zero attached hydrogens (tertiary/aromatic N) is 1. The molecule has 0 bridgehead atoms. The smallest absolute Gasteiger partial charge is 0.312 e. The first kappa shape index (κ1) is 20.6. The molecular formula is C19H30N4O2S. The van der Waals surface area contributed by atoms with Crippen molar-refractivity contribution in [1.29, 1.82) is 0 Å². The zero-order valence-corrected chi connectivity index (χ0v) is 16.5. The fourth-order valence-electron chi connectivity index (χ4n) is 3.05. The summed E-state index contributed by atoms with van der Waals surface area (Å²) >= 11 is 2.01. The minimum absolute atomic E-state index is 0.221. The van der Waals surface area contributed by atoms with Crippen LogP contribution in [0.4, 0.5) is 10.5 Å². The maximum absolute atomic E-state index is 12.5. The first-order valence-corrected chi connectivity index (χ1v) is 10.4. The third kappa shape index (κ3) is 6.53. The lowest BCUT2D eigenvalue weighted by molar-refractivity contribution is -0.118. The monoisotopic (exact) mass is 378 g/mol. The van der Waals surface area contributed by atoms with Crippen LogP contribution in [0.2, 0.25) is 0 Å². The molecule has 1 aromatic rings. The zero-order chi connectivity index (χ0) is 18.9. The first-order chi connectivity index (χ1) is 12.5. The third-order valence-corrected chi connectivity index (χ3v) is 5.48. The van der Waals surface area contributed by atoms with E-state index in [0.717, 1.165) is 43.7 Å². The van der Waals surface area contributed by atoms with Gasteiger partial charge in [-0.25, -0.2) is 4.79 Å². The van der Waals surface area contributed by atoms with Gasteiger partial charge in [0, 0.05) is 36.8 Å². The average Bonchev–Trinajstić information content (AvgIpc) is 2.61. The highest BCUT2D eigenvalue weighted by atomic mass is 32.2. The molecule has 1 fully saturated rings. The van der Waals surface area contributed by atoms with Crippen molar-refractivity contribution in [3.05, 3.63) is 29.3 Å². The molecule has 1 aromatic carbocycles. The molecule has 144 valence electrons. The molecule has 1 atom stereocenters. The number of hydrogen-bond donors (Lipinski definition) is 3. The van der Waals surface area contributed by atoms with Crippen LogP contribution in [0.3, 0.4) is 0 Å². The SMILES string of the molecule is CCCCC(NC(N)=O)C(=O)Nc1ccc(CN2CCSCC2)cc1C. The molecule has 1 saturated heterocycles. The van der Waals surface area contributed by atoms with E-state index in [1.807, 2.05) is 31.7 Å². The maximum Gasteiger partial charge on any atom is 0.312 e. The Balaban J connectivity index is 1.98. The maximum atomic E-state index is 12.5. The number of amides is 3. The summed E-state index contributed by atoms with van der Waals surface area (Å²) in [6, 6.07) is 4.86. The van der Waals surface area contributed by atoms with Gasteiger partial charge in [-0.1, -0.05) is 31.9 Å². The molecule has 0 aliphatic carbocycles. The van der Waals surface area contributed by atoms with Crippen molar-refractivity contribution in [2.24, 2.45) is 5.73 Å². The molecule has 6 nitrogen and oxygen atoms in total. The lowest BCUT2D eigenvalue weighted by Crippen LogP contribution is -2.46. The van der Waals surface area contributed by atoms with E-state index in [1.165, 1.54) is 17.1 Å². The highest BCUT2D eigenvalue weighted by Crippen LogP contribution is 2.20. The lowest BCUT2D eigenvalue weighted by atomic mass is 10.1. The zero-order valence-electron chi connectivity index (χ0n) is 15.7. The number of hydrogen-bond acceptors (Lipinski definition) is 4. The fourth-order valence-corrected chi connectivity index (χ4v) is 4.03. The molecule has 1 aliphatic rings. The summed E-state index contributed by atoms with van der Waals surface area (Å²) < 4.78 is 0. The van der Waals surface area contributed by atoms with E-state index < -0.39 is 12.1 Å². The van der Waals surface area contributed by atoms with E-state index in [9.17, 15) is 9.59 Å². The van der Waals surface area contributed by atoms with Crippen molar-refractivity contribution in [3.63, 3.8) is 0 Å². The summed E-state index contributed by atoms with van der Waals surface area (Å²) in [5.74, 6) is 2.17. The van der Waals surface area contributed by atoms with E-state index in [2.05, 4.69) is 27.7 Å². The van der Waals surface area contributed by atoms with Crippen LogP contribution < -0.4 is 16.4 Å². The van der Waals surface area contributed by atoms with Crippen LogP contribution in [0.15, 0.2) is 18.2 Å². The number of rotatable bonds is 8. The van der Waals surface area contributed by atoms with E-state index in [4.69, 9.17) is 5.73 Å². The Morgan fingerprint density at radius 1 is 1.31 bits per heavy atom. The Hall–Kier alpha value is -1.73. The Kier molecular flexibility index (Phi) is 8.25. The van der Waals surface area contributed by atoms with Gasteiger partial charge in [-0.15, -0.1) is 0 Å².